The predicted octanol–water partition coefficient (Wildman–Crippen LogP) is 3.54. The van der Waals surface area contributed by atoms with Crippen LogP contribution < -0.4 is 10.2 Å². The van der Waals surface area contributed by atoms with Crippen LogP contribution in [0.5, 0.6) is 0 Å². The second kappa shape index (κ2) is 5.65. The fourth-order valence-electron chi connectivity index (χ4n) is 2.37. The summed E-state index contributed by atoms with van der Waals surface area (Å²) in [6.45, 7) is 10.5. The molecule has 0 atom stereocenters. The zero-order valence-electron chi connectivity index (χ0n) is 13.1. The van der Waals surface area contributed by atoms with Crippen molar-refractivity contribution in [2.75, 3.05) is 30.4 Å². The quantitative estimate of drug-likeness (QED) is 0.924. The van der Waals surface area contributed by atoms with Gasteiger partial charge in [-0.1, -0.05) is 32.9 Å². The zero-order valence-corrected chi connectivity index (χ0v) is 13.1. The molecule has 0 spiro atoms. The third-order valence-electron chi connectivity index (χ3n) is 2.99. The summed E-state index contributed by atoms with van der Waals surface area (Å²) in [7, 11) is 2.09. The number of hydrogen-bond donors (Lipinski definition) is 1. The van der Waals surface area contributed by atoms with Crippen LogP contribution in [-0.2, 0) is 0 Å². The summed E-state index contributed by atoms with van der Waals surface area (Å²) >= 11 is 0. The van der Waals surface area contributed by atoms with Gasteiger partial charge in [0.15, 0.2) is 0 Å². The number of para-hydroxylation sites is 1. The molecule has 2 aromatic rings. The Morgan fingerprint density at radius 1 is 1.15 bits per heavy atom. The molecule has 0 saturated carbocycles. The molecule has 0 aliphatic heterocycles. The molecule has 0 saturated heterocycles. The van der Waals surface area contributed by atoms with Gasteiger partial charge >= 0.3 is 0 Å². The highest BCUT2D eigenvalue weighted by Crippen LogP contribution is 2.27. The Labute approximate surface area is 121 Å². The smallest absolute Gasteiger partial charge is 0.225 e. The number of nitrogens with one attached hydrogen (secondary N) is 1. The fourth-order valence-corrected chi connectivity index (χ4v) is 2.37. The molecule has 0 radical (unpaired) electrons. The highest BCUT2D eigenvalue weighted by molar-refractivity contribution is 5.90. The molecule has 0 fully saturated rings. The van der Waals surface area contributed by atoms with Crippen LogP contribution in [0, 0.1) is 5.41 Å². The maximum absolute atomic E-state index is 4.68. The van der Waals surface area contributed by atoms with Crippen molar-refractivity contribution in [1.29, 1.82) is 0 Å². The number of nitrogens with zero attached hydrogens (tertiary/aromatic N) is 3. The van der Waals surface area contributed by atoms with Crippen molar-refractivity contribution in [2.45, 2.75) is 27.7 Å². The molecule has 1 aromatic heterocycles. The number of rotatable bonds is 4. The van der Waals surface area contributed by atoms with E-state index in [1.807, 2.05) is 18.2 Å². The predicted molar refractivity (Wildman–Crippen MR) is 86.4 cm³/mol. The Bertz CT molecular complexity index is 587. The highest BCUT2D eigenvalue weighted by Gasteiger charge is 2.17. The molecule has 0 aliphatic carbocycles. The van der Waals surface area contributed by atoms with Crippen LogP contribution in [0.4, 0.5) is 11.8 Å². The van der Waals surface area contributed by atoms with Crippen molar-refractivity contribution in [3.63, 3.8) is 0 Å². The normalized spacial score (nSPS) is 11.7. The summed E-state index contributed by atoms with van der Waals surface area (Å²) in [5.41, 5.74) is 1.20. The summed E-state index contributed by atoms with van der Waals surface area (Å²) in [6.07, 6.45) is 0. The van der Waals surface area contributed by atoms with Crippen molar-refractivity contribution < 1.29 is 0 Å². The second-order valence-corrected chi connectivity index (χ2v) is 6.34. The molecule has 0 unspecified atom stereocenters. The summed E-state index contributed by atoms with van der Waals surface area (Å²) in [6, 6.07) is 8.16. The van der Waals surface area contributed by atoms with Crippen molar-refractivity contribution in [2.24, 2.45) is 5.41 Å². The summed E-state index contributed by atoms with van der Waals surface area (Å²) in [5, 5.41) is 4.31. The molecule has 0 amide bonds. The van der Waals surface area contributed by atoms with Gasteiger partial charge < -0.3 is 10.2 Å². The monoisotopic (exact) mass is 272 g/mol. The summed E-state index contributed by atoms with van der Waals surface area (Å²) in [4.78, 5) is 11.4. The third-order valence-corrected chi connectivity index (χ3v) is 2.99. The van der Waals surface area contributed by atoms with Gasteiger partial charge in [-0.15, -0.1) is 0 Å². The number of anilines is 2. The largest absolute Gasteiger partial charge is 0.358 e. The van der Waals surface area contributed by atoms with E-state index < -0.39 is 0 Å². The van der Waals surface area contributed by atoms with Crippen LogP contribution in [0.2, 0.25) is 0 Å². The van der Waals surface area contributed by atoms with Crippen molar-refractivity contribution >= 4 is 22.7 Å². The van der Waals surface area contributed by atoms with Gasteiger partial charge in [0.05, 0.1) is 5.52 Å². The lowest BCUT2D eigenvalue weighted by molar-refractivity contribution is 0.418. The summed E-state index contributed by atoms with van der Waals surface area (Å²) < 4.78 is 0. The van der Waals surface area contributed by atoms with E-state index >= 15 is 0 Å². The second-order valence-electron chi connectivity index (χ2n) is 6.34. The minimum absolute atomic E-state index is 0.221. The highest BCUT2D eigenvalue weighted by atomic mass is 15.2. The van der Waals surface area contributed by atoms with Gasteiger partial charge in [0.1, 0.15) is 5.82 Å². The molecular weight excluding hydrogens is 248 g/mol. The first-order valence-corrected chi connectivity index (χ1v) is 7.12. The minimum Gasteiger partial charge on any atom is -0.358 e. The molecular formula is C16H24N4. The first-order valence-electron chi connectivity index (χ1n) is 7.12. The molecule has 0 aliphatic rings. The fraction of sp³-hybridized carbons (Fsp3) is 0.500. The summed E-state index contributed by atoms with van der Waals surface area (Å²) in [5.74, 6) is 1.68. The van der Waals surface area contributed by atoms with Gasteiger partial charge in [0, 0.05) is 25.5 Å². The van der Waals surface area contributed by atoms with Crippen LogP contribution in [0.1, 0.15) is 27.7 Å². The van der Waals surface area contributed by atoms with Crippen LogP contribution in [0.25, 0.3) is 10.9 Å². The lowest BCUT2D eigenvalue weighted by Gasteiger charge is -2.28. The van der Waals surface area contributed by atoms with Crippen LogP contribution >= 0.6 is 0 Å². The molecule has 0 bridgehead atoms. The molecule has 108 valence electrons. The van der Waals surface area contributed by atoms with Crippen LogP contribution in [0.15, 0.2) is 24.3 Å². The van der Waals surface area contributed by atoms with Gasteiger partial charge in [-0.3, -0.25) is 0 Å². The minimum atomic E-state index is 0.221. The van der Waals surface area contributed by atoms with Crippen LogP contribution in [-0.4, -0.2) is 30.1 Å². The Morgan fingerprint density at radius 3 is 2.50 bits per heavy atom. The topological polar surface area (TPSA) is 41.1 Å². The Morgan fingerprint density at radius 2 is 1.85 bits per heavy atom. The van der Waals surface area contributed by atoms with Gasteiger partial charge in [0.25, 0.3) is 0 Å². The molecule has 20 heavy (non-hydrogen) atoms. The van der Waals surface area contributed by atoms with E-state index in [9.17, 15) is 0 Å². The van der Waals surface area contributed by atoms with Crippen LogP contribution in [0.3, 0.4) is 0 Å². The van der Waals surface area contributed by atoms with Crippen molar-refractivity contribution in [3.8, 4) is 0 Å². The number of hydrogen-bond acceptors (Lipinski definition) is 4. The Hall–Kier alpha value is -1.84. The van der Waals surface area contributed by atoms with Gasteiger partial charge in [-0.2, -0.15) is 4.98 Å². The first-order chi connectivity index (χ1) is 9.40. The van der Waals surface area contributed by atoms with E-state index in [1.54, 1.807) is 0 Å². The maximum atomic E-state index is 4.68. The Kier molecular flexibility index (Phi) is 4.12. The Balaban J connectivity index is 2.49. The average Bonchev–Trinajstić information content (AvgIpc) is 2.36. The van der Waals surface area contributed by atoms with E-state index in [-0.39, 0.29) is 5.41 Å². The lowest BCUT2D eigenvalue weighted by Crippen LogP contribution is -2.30. The standard InChI is InChI=1S/C16H24N4/c1-6-17-15-18-13-10-8-7-9-12(13)14(19-15)20(5)11-16(2,3)4/h7-10H,6,11H2,1-5H3,(H,17,18,19). The third kappa shape index (κ3) is 3.38. The molecule has 1 N–H and O–H groups in total. The maximum Gasteiger partial charge on any atom is 0.225 e. The zero-order chi connectivity index (χ0) is 14.8. The first kappa shape index (κ1) is 14.6. The number of aromatic nitrogens is 2. The number of benzene rings is 1. The molecule has 2 rings (SSSR count). The van der Waals surface area contributed by atoms with Gasteiger partial charge in [-0.25, -0.2) is 4.98 Å². The van der Waals surface area contributed by atoms with E-state index in [0.29, 0.717) is 5.95 Å². The molecule has 1 aromatic carbocycles. The SMILES string of the molecule is CCNc1nc(N(C)CC(C)(C)C)c2ccccc2n1. The van der Waals surface area contributed by atoms with Gasteiger partial charge in [0.2, 0.25) is 5.95 Å². The van der Waals surface area contributed by atoms with Gasteiger partial charge in [-0.05, 0) is 24.5 Å². The van der Waals surface area contributed by atoms with E-state index in [4.69, 9.17) is 0 Å². The van der Waals surface area contributed by atoms with E-state index in [0.717, 1.165) is 29.8 Å². The van der Waals surface area contributed by atoms with Crippen molar-refractivity contribution in [3.05, 3.63) is 24.3 Å². The molecule has 1 heterocycles. The average molecular weight is 272 g/mol. The lowest BCUT2D eigenvalue weighted by atomic mass is 9.96. The molecule has 4 heteroatoms. The number of fused-ring (bicyclic) bond motifs is 1. The van der Waals surface area contributed by atoms with E-state index in [2.05, 4.69) is 61.0 Å². The van der Waals surface area contributed by atoms with Crippen molar-refractivity contribution in [1.82, 2.24) is 9.97 Å². The van der Waals surface area contributed by atoms with E-state index in [1.165, 1.54) is 0 Å². The molecule has 4 nitrogen and oxygen atoms in total.